The normalized spacial score (nSPS) is 10.6. The molecule has 0 aliphatic heterocycles. The Morgan fingerprint density at radius 2 is 1.44 bits per heavy atom. The molecule has 0 amide bonds. The van der Waals surface area contributed by atoms with Gasteiger partial charge in [0, 0.05) is 23.6 Å². The monoisotopic (exact) mass is 596 g/mol. The molecule has 0 spiro atoms. The molecule has 2 aromatic carbocycles. The van der Waals surface area contributed by atoms with Gasteiger partial charge in [-0.2, -0.15) is 9.13 Å². The minimum Gasteiger partial charge on any atom is -1.00 e. The van der Waals surface area contributed by atoms with Gasteiger partial charge in [0.1, 0.15) is 17.8 Å². The highest BCUT2D eigenvalue weighted by molar-refractivity contribution is 8.00. The summed E-state index contributed by atoms with van der Waals surface area (Å²) in [5, 5.41) is 1.35. The molecule has 0 fully saturated rings. The van der Waals surface area contributed by atoms with E-state index in [1.807, 2.05) is 23.1 Å². The number of rotatable bonds is 3. The lowest BCUT2D eigenvalue weighted by Crippen LogP contribution is -3.00. The van der Waals surface area contributed by atoms with E-state index in [4.69, 9.17) is 0 Å². The average Bonchev–Trinajstić information content (AvgIpc) is 3.11. The molecule has 174 valence electrons. The van der Waals surface area contributed by atoms with Crippen LogP contribution in [0.25, 0.3) is 21.1 Å². The van der Waals surface area contributed by atoms with Crippen LogP contribution in [0.3, 0.4) is 0 Å². The maximum atomic E-state index is 9.75. The first-order chi connectivity index (χ1) is 14.7. The number of thioether (sulfide) groups is 1. The molecule has 2 aromatic heterocycles. The zero-order valence-corrected chi connectivity index (χ0v) is 22.2. The Labute approximate surface area is 211 Å². The van der Waals surface area contributed by atoms with Crippen molar-refractivity contribution in [2.75, 3.05) is 6.26 Å². The van der Waals surface area contributed by atoms with E-state index >= 15 is 0 Å². The van der Waals surface area contributed by atoms with Gasteiger partial charge in [-0.3, -0.25) is 0 Å². The van der Waals surface area contributed by atoms with Crippen LogP contribution in [0.2, 0.25) is 0 Å². The van der Waals surface area contributed by atoms with E-state index in [2.05, 4.69) is 97.0 Å². The van der Waals surface area contributed by atoms with Gasteiger partial charge in [-0.25, -0.2) is 0 Å². The molecule has 2 heterocycles. The summed E-state index contributed by atoms with van der Waals surface area (Å²) in [6.07, 6.45) is 4.29. The van der Waals surface area contributed by atoms with Gasteiger partial charge in [0.25, 0.3) is 4.34 Å². The smallest absolute Gasteiger partial charge is 0.673 e. The number of aryl methyl sites for hydroxylation is 3. The molecule has 4 rings (SSSR count). The van der Waals surface area contributed by atoms with Crippen LogP contribution in [0.5, 0.6) is 0 Å². The number of nitrogens with zero attached hydrogens (tertiary/aromatic N) is 2. The van der Waals surface area contributed by atoms with Crippen LogP contribution < -0.4 is 33.1 Å². The number of hydrogen-bond donors (Lipinski definition) is 0. The fourth-order valence-electron chi connectivity index (χ4n) is 3.17. The molecular weight excluding hydrogens is 570 g/mol. The van der Waals surface area contributed by atoms with Crippen molar-refractivity contribution in [3.63, 3.8) is 0 Å². The summed E-state index contributed by atoms with van der Waals surface area (Å²) >= 11 is 3.70. The molecule has 10 heteroatoms. The molecule has 4 aromatic rings. The molecule has 0 aliphatic rings. The summed E-state index contributed by atoms with van der Waals surface area (Å²) < 4.78 is 46.4. The second-order valence-corrected chi connectivity index (χ2v) is 8.66. The molecule has 0 saturated heterocycles. The van der Waals surface area contributed by atoms with Gasteiger partial charge in [-0.15, -0.1) is 0 Å². The minimum atomic E-state index is -6.00. The van der Waals surface area contributed by atoms with Crippen molar-refractivity contribution in [2.24, 2.45) is 0 Å². The maximum Gasteiger partial charge on any atom is 0.673 e. The van der Waals surface area contributed by atoms with E-state index in [0.29, 0.717) is 0 Å². The van der Waals surface area contributed by atoms with Crippen molar-refractivity contribution in [3.8, 4) is 0 Å². The number of hydrogen-bond acceptors (Lipinski definition) is 2. The van der Waals surface area contributed by atoms with Crippen molar-refractivity contribution in [1.29, 1.82) is 0 Å². The van der Waals surface area contributed by atoms with Crippen LogP contribution >= 0.6 is 23.1 Å². The SMILES string of the molecule is CC[n+]1c(SC)sc2ccccc21.CC[n+]1ccc(C)c2ccccc21.F[B-](F)(F)F.[I-]. The molecule has 0 N–H and O–H groups in total. The van der Waals surface area contributed by atoms with E-state index < -0.39 is 7.25 Å². The van der Waals surface area contributed by atoms with E-state index in [1.165, 1.54) is 31.0 Å². The second kappa shape index (κ2) is 13.3. The van der Waals surface area contributed by atoms with Gasteiger partial charge in [0.2, 0.25) is 11.0 Å². The Morgan fingerprint density at radius 1 is 0.875 bits per heavy atom. The Hall–Kier alpha value is -1.40. The molecular formula is C22H26BF4IN2S2. The van der Waals surface area contributed by atoms with Crippen molar-refractivity contribution >= 4 is 51.5 Å². The molecule has 32 heavy (non-hydrogen) atoms. The van der Waals surface area contributed by atoms with Crippen molar-refractivity contribution < 1.29 is 50.4 Å². The van der Waals surface area contributed by atoms with Crippen molar-refractivity contribution in [1.82, 2.24) is 0 Å². The maximum absolute atomic E-state index is 9.75. The predicted octanol–water partition coefficient (Wildman–Crippen LogP) is 3.69. The zero-order valence-electron chi connectivity index (χ0n) is 18.4. The Kier molecular flexibility index (Phi) is 11.9. The van der Waals surface area contributed by atoms with Crippen LogP contribution in [-0.2, 0) is 13.1 Å². The van der Waals surface area contributed by atoms with Gasteiger partial charge in [-0.05, 0) is 56.5 Å². The topological polar surface area (TPSA) is 7.76 Å². The number of aromatic nitrogens is 2. The fourth-order valence-corrected chi connectivity index (χ4v) is 5.18. The van der Waals surface area contributed by atoms with Crippen LogP contribution in [0.1, 0.15) is 19.4 Å². The summed E-state index contributed by atoms with van der Waals surface area (Å²) in [6.45, 7) is 8.60. The number of thiazole rings is 1. The fraction of sp³-hybridized carbons (Fsp3) is 0.273. The Balaban J connectivity index is 0.000000259. The lowest BCUT2D eigenvalue weighted by Gasteiger charge is -2.00. The van der Waals surface area contributed by atoms with Gasteiger partial charge >= 0.3 is 7.25 Å². The number of para-hydroxylation sites is 2. The first-order valence-corrected chi connectivity index (χ1v) is 11.9. The van der Waals surface area contributed by atoms with Crippen molar-refractivity contribution in [2.45, 2.75) is 38.2 Å². The third-order valence-electron chi connectivity index (χ3n) is 4.55. The summed E-state index contributed by atoms with van der Waals surface area (Å²) in [5.74, 6) is 0. The van der Waals surface area contributed by atoms with E-state index in [-0.39, 0.29) is 24.0 Å². The van der Waals surface area contributed by atoms with E-state index in [1.54, 1.807) is 0 Å². The Morgan fingerprint density at radius 3 is 2.00 bits per heavy atom. The average molecular weight is 596 g/mol. The van der Waals surface area contributed by atoms with Gasteiger partial charge in [-0.1, -0.05) is 35.6 Å². The van der Waals surface area contributed by atoms with Crippen molar-refractivity contribution in [3.05, 3.63) is 66.4 Å². The molecule has 0 atom stereocenters. The van der Waals surface area contributed by atoms with Crippen LogP contribution in [0.15, 0.2) is 65.1 Å². The molecule has 2 nitrogen and oxygen atoms in total. The Bertz CT molecular complexity index is 1130. The van der Waals surface area contributed by atoms with Crippen LogP contribution in [0.4, 0.5) is 17.3 Å². The van der Waals surface area contributed by atoms with Gasteiger partial charge in [0.15, 0.2) is 6.20 Å². The van der Waals surface area contributed by atoms with E-state index in [9.17, 15) is 17.3 Å². The van der Waals surface area contributed by atoms with Crippen LogP contribution in [-0.4, -0.2) is 13.5 Å². The molecule has 0 radical (unpaired) electrons. The summed E-state index contributed by atoms with van der Waals surface area (Å²) in [4.78, 5) is 0. The molecule has 0 aliphatic carbocycles. The largest absolute Gasteiger partial charge is 1.00 e. The highest BCUT2D eigenvalue weighted by atomic mass is 127. The third-order valence-corrected chi connectivity index (χ3v) is 6.83. The highest BCUT2D eigenvalue weighted by Gasteiger charge is 2.20. The number of halogens is 5. The van der Waals surface area contributed by atoms with Crippen LogP contribution in [0, 0.1) is 6.92 Å². The summed E-state index contributed by atoms with van der Waals surface area (Å²) in [7, 11) is -6.00. The highest BCUT2D eigenvalue weighted by Crippen LogP contribution is 2.25. The molecule has 0 saturated carbocycles. The van der Waals surface area contributed by atoms with Gasteiger partial charge in [0.05, 0.1) is 0 Å². The summed E-state index contributed by atoms with van der Waals surface area (Å²) in [6, 6.07) is 19.3. The quantitative estimate of drug-likeness (QED) is 0.115. The lowest BCUT2D eigenvalue weighted by atomic mass is 10.1. The third kappa shape index (κ3) is 8.19. The first kappa shape index (κ1) is 28.6. The first-order valence-electron chi connectivity index (χ1n) is 9.90. The second-order valence-electron chi connectivity index (χ2n) is 6.58. The molecule has 0 unspecified atom stereocenters. The predicted molar refractivity (Wildman–Crippen MR) is 124 cm³/mol. The van der Waals surface area contributed by atoms with E-state index in [0.717, 1.165) is 13.1 Å². The standard InChI is InChI=1S/C12H14N.C10H12NS2.BF4.HI/c1-3-13-9-8-10(2)11-6-4-5-7-12(11)13;1-3-11-8-6-4-5-7-9(8)13-10(11)12-2;2-1(3,4)5;/h4-9H,3H2,1-2H3;4-7H,3H2,1-2H3;;1H/q2*+1;-1;/p-1. The minimum absolute atomic E-state index is 0. The summed E-state index contributed by atoms with van der Waals surface area (Å²) in [5.41, 5.74) is 4.03. The van der Waals surface area contributed by atoms with Gasteiger partial charge < -0.3 is 41.2 Å². The number of pyridine rings is 1. The zero-order chi connectivity index (χ0) is 23.0. The number of benzene rings is 2. The lowest BCUT2D eigenvalue weighted by molar-refractivity contribution is -0.698. The molecule has 0 bridgehead atoms. The number of fused-ring (bicyclic) bond motifs is 2.